The molecule has 3 rings (SSSR count). The largest absolute Gasteiger partial charge is 0.497 e. The third-order valence-corrected chi connectivity index (χ3v) is 4.40. The molecule has 0 bridgehead atoms. The summed E-state index contributed by atoms with van der Waals surface area (Å²) in [5.41, 5.74) is 2.33. The van der Waals surface area contributed by atoms with Gasteiger partial charge in [0.1, 0.15) is 16.6 Å². The summed E-state index contributed by atoms with van der Waals surface area (Å²) in [5.74, 6) is 0.171. The Kier molecular flexibility index (Phi) is 4.03. The van der Waals surface area contributed by atoms with Crippen molar-refractivity contribution in [3.8, 4) is 27.6 Å². The van der Waals surface area contributed by atoms with Gasteiger partial charge in [-0.15, -0.1) is 11.3 Å². The minimum Gasteiger partial charge on any atom is -0.497 e. The summed E-state index contributed by atoms with van der Waals surface area (Å²) >= 11 is 4.86. The maximum atomic E-state index is 14.1. The van der Waals surface area contributed by atoms with E-state index in [0.29, 0.717) is 16.3 Å². The standard InChI is InChI=1S/C16H11BrFNOS/c1-20-12-5-6-13(14(18)8-12)16-19-15(9-21-16)10-3-2-4-11(17)7-10/h2-9H,1H3. The number of benzene rings is 2. The summed E-state index contributed by atoms with van der Waals surface area (Å²) in [6.07, 6.45) is 0. The van der Waals surface area contributed by atoms with Gasteiger partial charge in [0.05, 0.1) is 12.8 Å². The van der Waals surface area contributed by atoms with Crippen LogP contribution >= 0.6 is 27.3 Å². The minimum atomic E-state index is -0.329. The lowest BCUT2D eigenvalue weighted by molar-refractivity contribution is 0.411. The molecular formula is C16H11BrFNOS. The van der Waals surface area contributed by atoms with Crippen LogP contribution in [0.2, 0.25) is 0 Å². The number of nitrogens with zero attached hydrogens (tertiary/aromatic N) is 1. The molecule has 5 heteroatoms. The zero-order chi connectivity index (χ0) is 14.8. The van der Waals surface area contributed by atoms with Gasteiger partial charge in [-0.05, 0) is 24.3 Å². The van der Waals surface area contributed by atoms with Crippen LogP contribution in [0.4, 0.5) is 4.39 Å². The van der Waals surface area contributed by atoms with Gasteiger partial charge in [-0.3, -0.25) is 0 Å². The molecule has 0 saturated heterocycles. The van der Waals surface area contributed by atoms with Crippen molar-refractivity contribution in [2.45, 2.75) is 0 Å². The molecule has 0 atom stereocenters. The highest BCUT2D eigenvalue weighted by Gasteiger charge is 2.12. The van der Waals surface area contributed by atoms with E-state index in [1.807, 2.05) is 29.6 Å². The molecule has 2 nitrogen and oxygen atoms in total. The van der Waals surface area contributed by atoms with E-state index in [2.05, 4.69) is 20.9 Å². The summed E-state index contributed by atoms with van der Waals surface area (Å²) < 4.78 is 20.1. The fourth-order valence-electron chi connectivity index (χ4n) is 1.97. The molecular weight excluding hydrogens is 353 g/mol. The normalized spacial score (nSPS) is 10.6. The third kappa shape index (κ3) is 2.99. The SMILES string of the molecule is COc1ccc(-c2nc(-c3cccc(Br)c3)cs2)c(F)c1. The Hall–Kier alpha value is -1.72. The Bertz CT molecular complexity index is 787. The molecule has 0 unspecified atom stereocenters. The molecule has 1 aromatic heterocycles. The van der Waals surface area contributed by atoms with Gasteiger partial charge < -0.3 is 4.74 Å². The molecule has 0 amide bonds. The van der Waals surface area contributed by atoms with Crippen LogP contribution < -0.4 is 4.74 Å². The molecule has 0 radical (unpaired) electrons. The second kappa shape index (κ2) is 5.95. The Morgan fingerprint density at radius 2 is 2.05 bits per heavy atom. The molecule has 0 saturated carbocycles. The summed E-state index contributed by atoms with van der Waals surface area (Å²) in [6.45, 7) is 0. The first kappa shape index (κ1) is 14.2. The minimum absolute atomic E-state index is 0.329. The average Bonchev–Trinajstić information content (AvgIpc) is 2.96. The highest BCUT2D eigenvalue weighted by atomic mass is 79.9. The van der Waals surface area contributed by atoms with Crippen LogP contribution in [0.25, 0.3) is 21.8 Å². The first-order chi connectivity index (χ1) is 10.2. The van der Waals surface area contributed by atoms with Crippen LogP contribution in [0.15, 0.2) is 52.3 Å². The second-order valence-electron chi connectivity index (χ2n) is 4.39. The molecule has 0 aliphatic carbocycles. The summed E-state index contributed by atoms with van der Waals surface area (Å²) in [7, 11) is 1.52. The van der Waals surface area contributed by atoms with Crippen LogP contribution in [0, 0.1) is 5.82 Å². The van der Waals surface area contributed by atoms with Gasteiger partial charge in [0.2, 0.25) is 0 Å². The van der Waals surface area contributed by atoms with Gasteiger partial charge in [0.25, 0.3) is 0 Å². The lowest BCUT2D eigenvalue weighted by Gasteiger charge is -2.03. The summed E-state index contributed by atoms with van der Waals surface area (Å²) in [4.78, 5) is 4.53. The van der Waals surface area contributed by atoms with E-state index in [0.717, 1.165) is 15.7 Å². The van der Waals surface area contributed by atoms with Gasteiger partial charge in [-0.25, -0.2) is 9.37 Å². The smallest absolute Gasteiger partial charge is 0.137 e. The topological polar surface area (TPSA) is 22.1 Å². The zero-order valence-electron chi connectivity index (χ0n) is 11.1. The molecule has 0 aliphatic rings. The van der Waals surface area contributed by atoms with Crippen LogP contribution in [-0.2, 0) is 0 Å². The molecule has 3 aromatic rings. The van der Waals surface area contributed by atoms with E-state index in [4.69, 9.17) is 4.74 Å². The summed E-state index contributed by atoms with van der Waals surface area (Å²) in [6, 6.07) is 12.7. The quantitative estimate of drug-likeness (QED) is 0.622. The highest BCUT2D eigenvalue weighted by molar-refractivity contribution is 9.10. The number of hydrogen-bond acceptors (Lipinski definition) is 3. The predicted molar refractivity (Wildman–Crippen MR) is 87.2 cm³/mol. The maximum Gasteiger partial charge on any atom is 0.137 e. The number of ether oxygens (including phenoxy) is 1. The van der Waals surface area contributed by atoms with Crippen molar-refractivity contribution in [2.24, 2.45) is 0 Å². The number of rotatable bonds is 3. The average molecular weight is 364 g/mol. The number of halogens is 2. The number of methoxy groups -OCH3 is 1. The van der Waals surface area contributed by atoms with Crippen LogP contribution in [0.1, 0.15) is 0 Å². The second-order valence-corrected chi connectivity index (χ2v) is 6.17. The lowest BCUT2D eigenvalue weighted by Crippen LogP contribution is -1.88. The van der Waals surface area contributed by atoms with Crippen molar-refractivity contribution in [3.05, 3.63) is 58.1 Å². The Morgan fingerprint density at radius 3 is 2.76 bits per heavy atom. The number of hydrogen-bond donors (Lipinski definition) is 0. The Balaban J connectivity index is 1.98. The molecule has 0 spiro atoms. The zero-order valence-corrected chi connectivity index (χ0v) is 13.5. The van der Waals surface area contributed by atoms with Crippen molar-refractivity contribution in [1.82, 2.24) is 4.98 Å². The van der Waals surface area contributed by atoms with E-state index in [9.17, 15) is 4.39 Å². The van der Waals surface area contributed by atoms with Crippen molar-refractivity contribution in [3.63, 3.8) is 0 Å². The fourth-order valence-corrected chi connectivity index (χ4v) is 3.23. The van der Waals surface area contributed by atoms with Gasteiger partial charge in [0, 0.05) is 27.0 Å². The Morgan fingerprint density at radius 1 is 1.19 bits per heavy atom. The molecule has 0 N–H and O–H groups in total. The molecule has 0 fully saturated rings. The van der Waals surface area contributed by atoms with Crippen LogP contribution in [0.3, 0.4) is 0 Å². The number of thiazole rings is 1. The van der Waals surface area contributed by atoms with Gasteiger partial charge in [-0.2, -0.15) is 0 Å². The van der Waals surface area contributed by atoms with E-state index >= 15 is 0 Å². The predicted octanol–water partition coefficient (Wildman–Crippen LogP) is 5.39. The van der Waals surface area contributed by atoms with Crippen molar-refractivity contribution in [1.29, 1.82) is 0 Å². The number of aromatic nitrogens is 1. The van der Waals surface area contributed by atoms with Crippen molar-refractivity contribution >= 4 is 27.3 Å². The molecule has 2 aromatic carbocycles. The molecule has 1 heterocycles. The Labute approximate surface area is 134 Å². The monoisotopic (exact) mass is 363 g/mol. The molecule has 0 aliphatic heterocycles. The van der Waals surface area contributed by atoms with Crippen LogP contribution in [0.5, 0.6) is 5.75 Å². The molecule has 106 valence electrons. The third-order valence-electron chi connectivity index (χ3n) is 3.03. The lowest BCUT2D eigenvalue weighted by atomic mass is 10.2. The maximum absolute atomic E-state index is 14.1. The summed E-state index contributed by atoms with van der Waals surface area (Å²) in [5, 5.41) is 2.59. The van der Waals surface area contributed by atoms with Gasteiger partial charge >= 0.3 is 0 Å². The van der Waals surface area contributed by atoms with Crippen LogP contribution in [-0.4, -0.2) is 12.1 Å². The van der Waals surface area contributed by atoms with E-state index in [-0.39, 0.29) is 5.82 Å². The highest BCUT2D eigenvalue weighted by Crippen LogP contribution is 2.32. The van der Waals surface area contributed by atoms with Crippen molar-refractivity contribution in [2.75, 3.05) is 7.11 Å². The van der Waals surface area contributed by atoms with Crippen molar-refractivity contribution < 1.29 is 9.13 Å². The van der Waals surface area contributed by atoms with Gasteiger partial charge in [0.15, 0.2) is 0 Å². The van der Waals surface area contributed by atoms with E-state index in [1.165, 1.54) is 24.5 Å². The first-order valence-electron chi connectivity index (χ1n) is 6.23. The van der Waals surface area contributed by atoms with E-state index < -0.39 is 0 Å². The van der Waals surface area contributed by atoms with E-state index in [1.54, 1.807) is 12.1 Å². The van der Waals surface area contributed by atoms with Gasteiger partial charge in [-0.1, -0.05) is 28.1 Å². The fraction of sp³-hybridized carbons (Fsp3) is 0.0625. The molecule has 21 heavy (non-hydrogen) atoms. The first-order valence-corrected chi connectivity index (χ1v) is 7.90.